The van der Waals surface area contributed by atoms with Crippen LogP contribution in [0, 0.1) is 5.92 Å². The maximum absolute atomic E-state index is 13.2. The highest BCUT2D eigenvalue weighted by Crippen LogP contribution is 2.46. The number of pyridine rings is 1. The number of amides is 4. The fourth-order valence-electron chi connectivity index (χ4n) is 7.42. The molecule has 3 aromatic heterocycles. The number of carbonyl (C=O) groups is 4. The highest BCUT2D eigenvalue weighted by atomic mass is 16.3. The van der Waals surface area contributed by atoms with Crippen LogP contribution in [-0.4, -0.2) is 76.9 Å². The zero-order valence-corrected chi connectivity index (χ0v) is 25.6. The van der Waals surface area contributed by atoms with Crippen molar-refractivity contribution >= 4 is 40.2 Å². The molecule has 13 heteroatoms. The standard InChI is InChI=1S/C34H34N8O5/c43-23-10-22(11-23)40-15-19-14-36-28(12-27(19)38-40)26-16-41(39-31(26)18-1-2-18)21-7-17(8-21)13-35-20-3-4-24-25(9-20)34(47)42(33(24)46)29-5-6-30(44)37-32(29)45/h3-4,9,12,14-18,21-23,29,35,43H,1-2,5-8,10-11,13H2,(H,37,44,45)/t17-,21-,22?,23?,29?. The van der Waals surface area contributed by atoms with Crippen LogP contribution in [0.3, 0.4) is 0 Å². The molecule has 5 heterocycles. The molecule has 9 rings (SSSR count). The number of nitrogens with one attached hydrogen (secondary N) is 2. The van der Waals surface area contributed by atoms with Crippen molar-refractivity contribution < 1.29 is 24.3 Å². The van der Waals surface area contributed by atoms with Gasteiger partial charge in [-0.1, -0.05) is 0 Å². The van der Waals surface area contributed by atoms with Crippen molar-refractivity contribution in [3.63, 3.8) is 0 Å². The Hall–Kier alpha value is -4.91. The van der Waals surface area contributed by atoms with E-state index in [0.29, 0.717) is 17.9 Å². The molecule has 5 aliphatic rings. The number of carbonyl (C=O) groups excluding carboxylic acids is 4. The summed E-state index contributed by atoms with van der Waals surface area (Å²) >= 11 is 0. The van der Waals surface area contributed by atoms with E-state index < -0.39 is 29.7 Å². The van der Waals surface area contributed by atoms with Gasteiger partial charge in [0.05, 0.1) is 46.2 Å². The van der Waals surface area contributed by atoms with Crippen LogP contribution in [-0.2, 0) is 9.59 Å². The quantitative estimate of drug-likeness (QED) is 0.247. The van der Waals surface area contributed by atoms with E-state index in [0.717, 1.165) is 83.5 Å². The number of aliphatic hydroxyl groups is 1. The molecule has 13 nitrogen and oxygen atoms in total. The molecular weight excluding hydrogens is 600 g/mol. The third kappa shape index (κ3) is 4.82. The number of benzene rings is 1. The minimum Gasteiger partial charge on any atom is -0.393 e. The molecule has 4 fully saturated rings. The molecule has 0 radical (unpaired) electrons. The molecule has 4 aromatic rings. The number of aromatic nitrogens is 5. The predicted octanol–water partition coefficient (Wildman–Crippen LogP) is 3.33. The van der Waals surface area contributed by atoms with E-state index in [1.807, 2.05) is 17.1 Å². The van der Waals surface area contributed by atoms with E-state index in [4.69, 9.17) is 15.2 Å². The Morgan fingerprint density at radius 1 is 0.872 bits per heavy atom. The summed E-state index contributed by atoms with van der Waals surface area (Å²) < 4.78 is 4.08. The van der Waals surface area contributed by atoms with Gasteiger partial charge in [-0.3, -0.25) is 43.7 Å². The number of rotatable bonds is 8. The van der Waals surface area contributed by atoms with Crippen molar-refractivity contribution in [1.82, 2.24) is 34.8 Å². The normalized spacial score (nSPS) is 27.1. The van der Waals surface area contributed by atoms with E-state index in [-0.39, 0.29) is 36.1 Å². The monoisotopic (exact) mass is 634 g/mol. The summed E-state index contributed by atoms with van der Waals surface area (Å²) in [5.74, 6) is -1.13. The van der Waals surface area contributed by atoms with Crippen molar-refractivity contribution in [3.05, 3.63) is 59.7 Å². The van der Waals surface area contributed by atoms with Crippen molar-refractivity contribution in [1.29, 1.82) is 0 Å². The lowest BCUT2D eigenvalue weighted by molar-refractivity contribution is -0.136. The van der Waals surface area contributed by atoms with Gasteiger partial charge in [-0.25, -0.2) is 0 Å². The minimum absolute atomic E-state index is 0.0902. The second kappa shape index (κ2) is 10.6. The summed E-state index contributed by atoms with van der Waals surface area (Å²) in [6, 6.07) is 6.72. The van der Waals surface area contributed by atoms with Gasteiger partial charge >= 0.3 is 0 Å². The highest BCUT2D eigenvalue weighted by Gasteiger charge is 2.45. The summed E-state index contributed by atoms with van der Waals surface area (Å²) in [6.45, 7) is 0.719. The van der Waals surface area contributed by atoms with Crippen LogP contribution < -0.4 is 10.6 Å². The summed E-state index contributed by atoms with van der Waals surface area (Å²) in [5, 5.41) is 26.2. The number of hydrogen-bond acceptors (Lipinski definition) is 9. The zero-order valence-electron chi connectivity index (χ0n) is 25.6. The Labute approximate surface area is 269 Å². The van der Waals surface area contributed by atoms with Crippen LogP contribution in [0.4, 0.5) is 5.69 Å². The average molecular weight is 635 g/mol. The first-order valence-corrected chi connectivity index (χ1v) is 16.5. The molecule has 3 aliphatic carbocycles. The minimum atomic E-state index is -0.975. The Kier molecular flexibility index (Phi) is 6.36. The van der Waals surface area contributed by atoms with Crippen LogP contribution in [0.15, 0.2) is 42.9 Å². The molecule has 1 atom stereocenters. The molecule has 0 bridgehead atoms. The largest absolute Gasteiger partial charge is 0.393 e. The number of piperidine rings is 1. The second-order valence-corrected chi connectivity index (χ2v) is 13.8. The predicted molar refractivity (Wildman–Crippen MR) is 168 cm³/mol. The molecule has 47 heavy (non-hydrogen) atoms. The Morgan fingerprint density at radius 3 is 2.40 bits per heavy atom. The molecule has 1 saturated heterocycles. The van der Waals surface area contributed by atoms with E-state index >= 15 is 0 Å². The molecule has 0 spiro atoms. The summed E-state index contributed by atoms with van der Waals surface area (Å²) in [4.78, 5) is 55.9. The fourth-order valence-corrected chi connectivity index (χ4v) is 7.42. The lowest BCUT2D eigenvalue weighted by Gasteiger charge is -2.35. The number of aliphatic hydroxyl groups excluding tert-OH is 1. The summed E-state index contributed by atoms with van der Waals surface area (Å²) in [7, 11) is 0. The first-order valence-electron chi connectivity index (χ1n) is 16.5. The first-order chi connectivity index (χ1) is 22.8. The van der Waals surface area contributed by atoms with Crippen molar-refractivity contribution in [2.75, 3.05) is 11.9 Å². The number of nitrogens with zero attached hydrogens (tertiary/aromatic N) is 6. The van der Waals surface area contributed by atoms with Gasteiger partial charge in [-0.15, -0.1) is 0 Å². The maximum Gasteiger partial charge on any atom is 0.262 e. The molecule has 3 N–H and O–H groups in total. The molecule has 1 unspecified atom stereocenters. The average Bonchev–Trinajstić information content (AvgIpc) is 3.55. The van der Waals surface area contributed by atoms with E-state index in [2.05, 4.69) is 27.6 Å². The summed E-state index contributed by atoms with van der Waals surface area (Å²) in [6.07, 6.45) is 11.7. The number of hydrogen-bond donors (Lipinski definition) is 3. The number of fused-ring (bicyclic) bond motifs is 2. The number of anilines is 1. The van der Waals surface area contributed by atoms with Gasteiger partial charge in [0.1, 0.15) is 6.04 Å². The molecule has 240 valence electrons. The topological polar surface area (TPSA) is 164 Å². The van der Waals surface area contributed by atoms with Crippen LogP contribution in [0.1, 0.15) is 95.8 Å². The number of imide groups is 2. The first kappa shape index (κ1) is 28.3. The molecular formula is C34H34N8O5. The van der Waals surface area contributed by atoms with E-state index in [9.17, 15) is 24.3 Å². The zero-order chi connectivity index (χ0) is 32.0. The smallest absolute Gasteiger partial charge is 0.262 e. The van der Waals surface area contributed by atoms with Gasteiger partial charge in [-0.2, -0.15) is 10.2 Å². The fraction of sp³-hybridized carbons (Fsp3) is 0.441. The van der Waals surface area contributed by atoms with Gasteiger partial charge < -0.3 is 10.4 Å². The lowest BCUT2D eigenvalue weighted by atomic mass is 9.80. The summed E-state index contributed by atoms with van der Waals surface area (Å²) in [5.41, 5.74) is 5.28. The van der Waals surface area contributed by atoms with Gasteiger partial charge in [0.25, 0.3) is 11.8 Å². The Bertz CT molecular complexity index is 1980. The van der Waals surface area contributed by atoms with Gasteiger partial charge in [-0.05, 0) is 75.1 Å². The van der Waals surface area contributed by atoms with Crippen molar-refractivity contribution in [2.45, 2.75) is 81.5 Å². The molecule has 1 aromatic carbocycles. The third-order valence-electron chi connectivity index (χ3n) is 10.5. The van der Waals surface area contributed by atoms with Crippen molar-refractivity contribution in [2.24, 2.45) is 5.92 Å². The highest BCUT2D eigenvalue weighted by molar-refractivity contribution is 6.23. The Morgan fingerprint density at radius 2 is 1.64 bits per heavy atom. The lowest BCUT2D eigenvalue weighted by Crippen LogP contribution is -2.54. The molecule has 3 saturated carbocycles. The van der Waals surface area contributed by atoms with Crippen molar-refractivity contribution in [3.8, 4) is 11.3 Å². The van der Waals surface area contributed by atoms with E-state index in [1.165, 1.54) is 0 Å². The van der Waals surface area contributed by atoms with Gasteiger partial charge in [0.2, 0.25) is 11.8 Å². The van der Waals surface area contributed by atoms with Crippen LogP contribution in [0.25, 0.3) is 22.2 Å². The molecule has 2 aliphatic heterocycles. The second-order valence-electron chi connectivity index (χ2n) is 13.8. The molecule has 4 amide bonds. The van der Waals surface area contributed by atoms with Crippen LogP contribution in [0.5, 0.6) is 0 Å². The Balaban J connectivity index is 0.853. The van der Waals surface area contributed by atoms with Crippen LogP contribution in [0.2, 0.25) is 0 Å². The SMILES string of the molecule is O=C1CCC(N2C(=O)c3ccc(NC[C@H]4C[C@H](n5cc(-c6cc7nn(C8CC(O)C8)cc7cn6)c(C6CC6)n5)C4)cc3C2=O)C(=O)N1. The van der Waals surface area contributed by atoms with E-state index in [1.54, 1.807) is 18.2 Å². The van der Waals surface area contributed by atoms with Gasteiger partial charge in [0.15, 0.2) is 0 Å². The van der Waals surface area contributed by atoms with Crippen LogP contribution >= 0.6 is 0 Å². The van der Waals surface area contributed by atoms with Gasteiger partial charge in [0, 0.05) is 54.1 Å². The maximum atomic E-state index is 13.2. The third-order valence-corrected chi connectivity index (χ3v) is 10.5.